The number of nitrogens with zero attached hydrogens (tertiary/aromatic N) is 2. The minimum absolute atomic E-state index is 0.0268. The number of para-hydroxylation sites is 2. The van der Waals surface area contributed by atoms with Crippen LogP contribution < -0.4 is 10.1 Å². The lowest BCUT2D eigenvalue weighted by molar-refractivity contribution is -0.121. The average Bonchev–Trinajstić information content (AvgIpc) is 3.20. The lowest BCUT2D eigenvalue weighted by atomic mass is 10.0. The normalized spacial score (nSPS) is 11.1. The molecule has 170 valence electrons. The van der Waals surface area contributed by atoms with Gasteiger partial charge in [-0.15, -0.1) is 0 Å². The van der Waals surface area contributed by atoms with E-state index in [9.17, 15) is 4.79 Å². The summed E-state index contributed by atoms with van der Waals surface area (Å²) in [7, 11) is 0. The van der Waals surface area contributed by atoms with E-state index in [-0.39, 0.29) is 5.91 Å². The molecular formula is C28H31N3O2. The molecule has 1 heterocycles. The van der Waals surface area contributed by atoms with Crippen LogP contribution in [0.5, 0.6) is 5.75 Å². The van der Waals surface area contributed by atoms with E-state index in [1.165, 1.54) is 11.1 Å². The van der Waals surface area contributed by atoms with E-state index >= 15 is 0 Å². The van der Waals surface area contributed by atoms with Crippen molar-refractivity contribution < 1.29 is 9.53 Å². The number of carbonyl (C=O) groups is 1. The van der Waals surface area contributed by atoms with Gasteiger partial charge < -0.3 is 14.6 Å². The molecule has 3 aromatic carbocycles. The number of amides is 1. The third kappa shape index (κ3) is 6.01. The molecule has 0 saturated carbocycles. The second-order valence-electron chi connectivity index (χ2n) is 8.50. The summed E-state index contributed by atoms with van der Waals surface area (Å²) in [6.45, 7) is 5.94. The standard InChI is InChI=1S/C28H31N3O2/c1-21(2)23-13-15-24(16-14-23)33-19-18-31-26-11-7-6-10-25(26)30-27(31)20-29-28(32)17-12-22-8-4-3-5-9-22/h3-11,13-16,21H,12,17-20H2,1-2H3,(H,29,32). The van der Waals surface area contributed by atoms with E-state index in [0.717, 1.165) is 29.0 Å². The molecule has 0 aliphatic rings. The van der Waals surface area contributed by atoms with Crippen LogP contribution in [0.1, 0.15) is 43.1 Å². The third-order valence-corrected chi connectivity index (χ3v) is 5.79. The van der Waals surface area contributed by atoms with E-state index in [4.69, 9.17) is 9.72 Å². The third-order valence-electron chi connectivity index (χ3n) is 5.79. The molecule has 33 heavy (non-hydrogen) atoms. The molecule has 5 heteroatoms. The van der Waals surface area contributed by atoms with Crippen molar-refractivity contribution in [3.8, 4) is 5.75 Å². The molecule has 5 nitrogen and oxygen atoms in total. The summed E-state index contributed by atoms with van der Waals surface area (Å²) >= 11 is 0. The first-order chi connectivity index (χ1) is 16.1. The second-order valence-corrected chi connectivity index (χ2v) is 8.50. The molecule has 0 aliphatic heterocycles. The Labute approximate surface area is 195 Å². The first-order valence-corrected chi connectivity index (χ1v) is 11.6. The minimum Gasteiger partial charge on any atom is -0.492 e. The number of fused-ring (bicyclic) bond motifs is 1. The Bertz CT molecular complexity index is 1180. The minimum atomic E-state index is 0.0268. The fraction of sp³-hybridized carbons (Fsp3) is 0.286. The maximum Gasteiger partial charge on any atom is 0.220 e. The Balaban J connectivity index is 1.37. The van der Waals surface area contributed by atoms with Crippen LogP contribution in [0.4, 0.5) is 0 Å². The Morgan fingerprint density at radius 3 is 2.45 bits per heavy atom. The molecule has 0 aliphatic carbocycles. The van der Waals surface area contributed by atoms with Gasteiger partial charge in [0.2, 0.25) is 5.91 Å². The van der Waals surface area contributed by atoms with E-state index in [2.05, 4.69) is 41.9 Å². The SMILES string of the molecule is CC(C)c1ccc(OCCn2c(CNC(=O)CCc3ccccc3)nc3ccccc32)cc1. The molecule has 1 aromatic heterocycles. The molecule has 0 radical (unpaired) electrons. The van der Waals surface area contributed by atoms with E-state index < -0.39 is 0 Å². The van der Waals surface area contributed by atoms with Crippen LogP contribution in [0.3, 0.4) is 0 Å². The van der Waals surface area contributed by atoms with Crippen molar-refractivity contribution in [1.82, 2.24) is 14.9 Å². The predicted octanol–water partition coefficient (Wildman–Crippen LogP) is 5.49. The first kappa shape index (κ1) is 22.6. The zero-order valence-electron chi connectivity index (χ0n) is 19.3. The molecule has 0 unspecified atom stereocenters. The molecule has 4 rings (SSSR count). The number of carbonyl (C=O) groups excluding carboxylic acids is 1. The van der Waals surface area contributed by atoms with Gasteiger partial charge in [-0.3, -0.25) is 4.79 Å². The van der Waals surface area contributed by atoms with Crippen LogP contribution in [-0.4, -0.2) is 22.1 Å². The monoisotopic (exact) mass is 441 g/mol. The zero-order valence-corrected chi connectivity index (χ0v) is 19.3. The highest BCUT2D eigenvalue weighted by molar-refractivity contribution is 5.77. The summed E-state index contributed by atoms with van der Waals surface area (Å²) in [6, 6.07) is 26.4. The van der Waals surface area contributed by atoms with Crippen molar-refractivity contribution in [1.29, 1.82) is 0 Å². The Morgan fingerprint density at radius 2 is 1.70 bits per heavy atom. The first-order valence-electron chi connectivity index (χ1n) is 11.6. The van der Waals surface area contributed by atoms with Gasteiger partial charge in [0.25, 0.3) is 0 Å². The summed E-state index contributed by atoms with van der Waals surface area (Å²) in [5, 5.41) is 3.03. The lowest BCUT2D eigenvalue weighted by Gasteiger charge is -2.12. The molecule has 0 saturated heterocycles. The van der Waals surface area contributed by atoms with E-state index in [1.807, 2.05) is 60.7 Å². The molecule has 0 fully saturated rings. The quantitative estimate of drug-likeness (QED) is 0.354. The van der Waals surface area contributed by atoms with Gasteiger partial charge in [0, 0.05) is 6.42 Å². The van der Waals surface area contributed by atoms with Crippen molar-refractivity contribution in [2.24, 2.45) is 0 Å². The van der Waals surface area contributed by atoms with Crippen molar-refractivity contribution in [2.45, 2.75) is 45.7 Å². The molecule has 1 N–H and O–H groups in total. The van der Waals surface area contributed by atoms with Crippen LogP contribution in [0.15, 0.2) is 78.9 Å². The van der Waals surface area contributed by atoms with Gasteiger partial charge in [0.05, 0.1) is 24.1 Å². The molecule has 0 atom stereocenters. The lowest BCUT2D eigenvalue weighted by Crippen LogP contribution is -2.25. The average molecular weight is 442 g/mol. The van der Waals surface area contributed by atoms with Crippen LogP contribution in [0, 0.1) is 0 Å². The summed E-state index contributed by atoms with van der Waals surface area (Å²) in [4.78, 5) is 17.2. The maximum atomic E-state index is 12.4. The summed E-state index contributed by atoms with van der Waals surface area (Å²) in [5.41, 5.74) is 4.43. The van der Waals surface area contributed by atoms with Crippen LogP contribution in [0.25, 0.3) is 11.0 Å². The molecule has 0 bridgehead atoms. The fourth-order valence-electron chi connectivity index (χ4n) is 3.88. The second kappa shape index (κ2) is 10.8. The van der Waals surface area contributed by atoms with Crippen molar-refractivity contribution in [3.05, 3.63) is 95.8 Å². The van der Waals surface area contributed by atoms with Gasteiger partial charge in [-0.05, 0) is 47.7 Å². The zero-order chi connectivity index (χ0) is 23.0. The number of ether oxygens (including phenoxy) is 1. The molecule has 0 spiro atoms. The van der Waals surface area contributed by atoms with Crippen LogP contribution in [-0.2, 0) is 24.3 Å². The molecule has 4 aromatic rings. The largest absolute Gasteiger partial charge is 0.492 e. The number of rotatable bonds is 10. The smallest absolute Gasteiger partial charge is 0.220 e. The molecule has 1 amide bonds. The maximum absolute atomic E-state index is 12.4. The van der Waals surface area contributed by atoms with E-state index in [1.54, 1.807) is 0 Å². The fourth-order valence-corrected chi connectivity index (χ4v) is 3.88. The predicted molar refractivity (Wildman–Crippen MR) is 132 cm³/mol. The van der Waals surface area contributed by atoms with Gasteiger partial charge in [-0.1, -0.05) is 68.4 Å². The van der Waals surface area contributed by atoms with Gasteiger partial charge in [0.15, 0.2) is 0 Å². The van der Waals surface area contributed by atoms with Crippen molar-refractivity contribution in [2.75, 3.05) is 6.61 Å². The van der Waals surface area contributed by atoms with Gasteiger partial charge in [0.1, 0.15) is 18.2 Å². The van der Waals surface area contributed by atoms with Crippen molar-refractivity contribution in [3.63, 3.8) is 0 Å². The summed E-state index contributed by atoms with van der Waals surface area (Å²) < 4.78 is 8.13. The summed E-state index contributed by atoms with van der Waals surface area (Å²) in [6.07, 6.45) is 1.19. The van der Waals surface area contributed by atoms with Gasteiger partial charge in [-0.25, -0.2) is 4.98 Å². The van der Waals surface area contributed by atoms with Crippen LogP contribution >= 0.6 is 0 Å². The number of nitrogens with one attached hydrogen (secondary N) is 1. The highest BCUT2D eigenvalue weighted by Gasteiger charge is 2.12. The van der Waals surface area contributed by atoms with Gasteiger partial charge >= 0.3 is 0 Å². The number of benzene rings is 3. The highest BCUT2D eigenvalue weighted by Crippen LogP contribution is 2.20. The van der Waals surface area contributed by atoms with Crippen molar-refractivity contribution >= 4 is 16.9 Å². The number of hydrogen-bond acceptors (Lipinski definition) is 3. The topological polar surface area (TPSA) is 56.1 Å². The van der Waals surface area contributed by atoms with Gasteiger partial charge in [-0.2, -0.15) is 0 Å². The van der Waals surface area contributed by atoms with Crippen LogP contribution in [0.2, 0.25) is 0 Å². The Kier molecular flexibility index (Phi) is 7.40. The molecular weight excluding hydrogens is 410 g/mol. The highest BCUT2D eigenvalue weighted by atomic mass is 16.5. The van der Waals surface area contributed by atoms with E-state index in [0.29, 0.717) is 32.0 Å². The Hall–Kier alpha value is -3.60. The number of aromatic nitrogens is 2. The Morgan fingerprint density at radius 1 is 0.970 bits per heavy atom. The summed E-state index contributed by atoms with van der Waals surface area (Å²) in [5.74, 6) is 2.23. The number of aryl methyl sites for hydroxylation is 1. The number of imidazole rings is 1. The number of hydrogen-bond donors (Lipinski definition) is 1.